The van der Waals surface area contributed by atoms with Crippen molar-refractivity contribution in [1.29, 1.82) is 0 Å². The summed E-state index contributed by atoms with van der Waals surface area (Å²) in [5.41, 5.74) is 2.60. The summed E-state index contributed by atoms with van der Waals surface area (Å²) in [6.07, 6.45) is 3.72. The smallest absolute Gasteiger partial charge is 0.253 e. The number of benzene rings is 2. The highest BCUT2D eigenvalue weighted by Gasteiger charge is 2.43. The number of likely N-dealkylation sites (tertiary alicyclic amines) is 1. The summed E-state index contributed by atoms with van der Waals surface area (Å²) in [5.74, 6) is 0.786. The molecule has 30 heavy (non-hydrogen) atoms. The molecule has 3 aliphatic rings. The van der Waals surface area contributed by atoms with E-state index in [-0.39, 0.29) is 17.6 Å². The molecule has 0 bridgehead atoms. The van der Waals surface area contributed by atoms with Crippen molar-refractivity contribution in [2.45, 2.75) is 44.1 Å². The van der Waals surface area contributed by atoms with E-state index in [0.29, 0.717) is 55.6 Å². The number of piperidine rings is 1. The van der Waals surface area contributed by atoms with Crippen LogP contribution < -0.4 is 10.1 Å². The van der Waals surface area contributed by atoms with Crippen LogP contribution in [-0.2, 0) is 11.2 Å². The highest BCUT2D eigenvalue weighted by molar-refractivity contribution is 6.00. The minimum Gasteiger partial charge on any atom is -0.486 e. The number of para-hydroxylation sites is 1. The van der Waals surface area contributed by atoms with Crippen LogP contribution in [0.5, 0.6) is 5.75 Å². The normalized spacial score (nSPS) is 19.9. The molecule has 1 N–H and O–H groups in total. The molecule has 0 atom stereocenters. The molecule has 6 heteroatoms. The number of carbonyl (C=O) groups excluding carboxylic acids is 3. The Kier molecular flexibility index (Phi) is 4.57. The quantitative estimate of drug-likeness (QED) is 0.788. The number of fused-ring (bicyclic) bond motifs is 2. The second-order valence-corrected chi connectivity index (χ2v) is 8.45. The maximum atomic E-state index is 13.1. The Bertz CT molecular complexity index is 1040. The summed E-state index contributed by atoms with van der Waals surface area (Å²) in [6.45, 7) is 1.12. The van der Waals surface area contributed by atoms with Crippen LogP contribution in [-0.4, -0.2) is 41.2 Å². The zero-order valence-corrected chi connectivity index (χ0v) is 16.8. The first-order valence-electron chi connectivity index (χ1n) is 10.6. The number of ketones is 1. The predicted molar refractivity (Wildman–Crippen MR) is 112 cm³/mol. The van der Waals surface area contributed by atoms with E-state index in [2.05, 4.69) is 5.32 Å². The number of amides is 2. The lowest BCUT2D eigenvalue weighted by Gasteiger charge is -2.44. The predicted octanol–water partition coefficient (Wildman–Crippen LogP) is 3.60. The van der Waals surface area contributed by atoms with E-state index in [1.54, 1.807) is 6.07 Å². The van der Waals surface area contributed by atoms with Gasteiger partial charge in [0.1, 0.15) is 11.4 Å². The number of anilines is 1. The first kappa shape index (κ1) is 18.9. The molecule has 0 unspecified atom stereocenters. The molecule has 0 aliphatic carbocycles. The maximum Gasteiger partial charge on any atom is 0.253 e. The highest BCUT2D eigenvalue weighted by atomic mass is 16.5. The average molecular weight is 404 g/mol. The van der Waals surface area contributed by atoms with E-state index in [4.69, 9.17) is 4.74 Å². The zero-order valence-electron chi connectivity index (χ0n) is 16.8. The lowest BCUT2D eigenvalue weighted by Crippen LogP contribution is -2.52. The fraction of sp³-hybridized carbons (Fsp3) is 0.375. The standard InChI is InChI=1S/C24H24N2O4/c27-20-15-24(30-21-6-2-1-5-18(20)21)10-12-26(13-11-24)23(29)17-8-9-19-16(14-17)4-3-7-22(28)25-19/h1-2,5-6,8-9,14H,3-4,7,10-13,15H2,(H,25,28). The number of hydrogen-bond acceptors (Lipinski definition) is 4. The van der Waals surface area contributed by atoms with Crippen molar-refractivity contribution in [1.82, 2.24) is 4.90 Å². The molecule has 2 aromatic carbocycles. The molecule has 0 aromatic heterocycles. The summed E-state index contributed by atoms with van der Waals surface area (Å²) < 4.78 is 6.26. The third kappa shape index (κ3) is 3.36. The fourth-order valence-electron chi connectivity index (χ4n) is 4.73. The first-order valence-corrected chi connectivity index (χ1v) is 10.6. The van der Waals surface area contributed by atoms with Crippen LogP contribution in [0.15, 0.2) is 42.5 Å². The van der Waals surface area contributed by atoms with Gasteiger partial charge in [0, 0.05) is 43.6 Å². The molecule has 0 saturated carbocycles. The third-order valence-corrected chi connectivity index (χ3v) is 6.43. The Hall–Kier alpha value is -3.15. The Morgan fingerprint density at radius 1 is 1.03 bits per heavy atom. The summed E-state index contributed by atoms with van der Waals surface area (Å²) in [4.78, 5) is 39.3. The number of aryl methyl sites for hydroxylation is 1. The number of hydrogen-bond donors (Lipinski definition) is 1. The molecule has 1 spiro atoms. The van der Waals surface area contributed by atoms with Gasteiger partial charge in [0.25, 0.3) is 5.91 Å². The van der Waals surface area contributed by atoms with Crippen LogP contribution >= 0.6 is 0 Å². The topological polar surface area (TPSA) is 75.7 Å². The molecule has 5 rings (SSSR count). The number of ether oxygens (including phenoxy) is 1. The largest absolute Gasteiger partial charge is 0.486 e. The van der Waals surface area contributed by atoms with Gasteiger partial charge in [0.2, 0.25) is 5.91 Å². The van der Waals surface area contributed by atoms with Crippen LogP contribution in [0, 0.1) is 0 Å². The molecule has 3 aliphatic heterocycles. The minimum atomic E-state index is -0.514. The van der Waals surface area contributed by atoms with Crippen LogP contribution in [0.1, 0.15) is 58.4 Å². The van der Waals surface area contributed by atoms with E-state index in [1.807, 2.05) is 41.3 Å². The molecule has 154 valence electrons. The molecule has 2 amide bonds. The van der Waals surface area contributed by atoms with E-state index < -0.39 is 5.60 Å². The van der Waals surface area contributed by atoms with Gasteiger partial charge in [-0.3, -0.25) is 14.4 Å². The highest BCUT2D eigenvalue weighted by Crippen LogP contribution is 2.39. The lowest BCUT2D eigenvalue weighted by atomic mass is 9.82. The Balaban J connectivity index is 1.29. The van der Waals surface area contributed by atoms with Gasteiger partial charge in [-0.2, -0.15) is 0 Å². The molecule has 1 fully saturated rings. The molecule has 0 radical (unpaired) electrons. The lowest BCUT2D eigenvalue weighted by molar-refractivity contribution is -0.116. The van der Waals surface area contributed by atoms with E-state index in [0.717, 1.165) is 24.1 Å². The number of nitrogens with zero attached hydrogens (tertiary/aromatic N) is 1. The third-order valence-electron chi connectivity index (χ3n) is 6.43. The van der Waals surface area contributed by atoms with Gasteiger partial charge in [0.05, 0.1) is 12.0 Å². The van der Waals surface area contributed by atoms with Crippen molar-refractivity contribution in [2.24, 2.45) is 0 Å². The van der Waals surface area contributed by atoms with Crippen LogP contribution in [0.4, 0.5) is 5.69 Å². The fourth-order valence-corrected chi connectivity index (χ4v) is 4.73. The summed E-state index contributed by atoms with van der Waals surface area (Å²) in [6, 6.07) is 12.9. The zero-order chi connectivity index (χ0) is 20.7. The van der Waals surface area contributed by atoms with Crippen molar-refractivity contribution in [3.05, 3.63) is 59.2 Å². The monoisotopic (exact) mass is 404 g/mol. The van der Waals surface area contributed by atoms with Gasteiger partial charge in [-0.25, -0.2) is 0 Å². The van der Waals surface area contributed by atoms with Gasteiger partial charge < -0.3 is 15.0 Å². The molecular formula is C24H24N2O4. The first-order chi connectivity index (χ1) is 14.5. The minimum absolute atomic E-state index is 0.00856. The number of Topliss-reactive ketones (excluding diaryl/α,β-unsaturated/α-hetero) is 1. The van der Waals surface area contributed by atoms with Crippen molar-refractivity contribution in [3.63, 3.8) is 0 Å². The van der Waals surface area contributed by atoms with E-state index in [1.165, 1.54) is 0 Å². The van der Waals surface area contributed by atoms with Crippen molar-refractivity contribution in [2.75, 3.05) is 18.4 Å². The molecule has 3 heterocycles. The molecular weight excluding hydrogens is 380 g/mol. The van der Waals surface area contributed by atoms with Gasteiger partial charge in [-0.15, -0.1) is 0 Å². The number of rotatable bonds is 1. The Labute approximate surface area is 175 Å². The van der Waals surface area contributed by atoms with E-state index in [9.17, 15) is 14.4 Å². The molecule has 2 aromatic rings. The second-order valence-electron chi connectivity index (χ2n) is 8.45. The van der Waals surface area contributed by atoms with Gasteiger partial charge in [-0.1, -0.05) is 12.1 Å². The Morgan fingerprint density at radius 2 is 1.83 bits per heavy atom. The van der Waals surface area contributed by atoms with Gasteiger partial charge >= 0.3 is 0 Å². The van der Waals surface area contributed by atoms with Crippen molar-refractivity contribution >= 4 is 23.3 Å². The average Bonchev–Trinajstić information content (AvgIpc) is 2.93. The number of nitrogens with one attached hydrogen (secondary N) is 1. The van der Waals surface area contributed by atoms with E-state index >= 15 is 0 Å². The van der Waals surface area contributed by atoms with Gasteiger partial charge in [-0.05, 0) is 48.7 Å². The maximum absolute atomic E-state index is 13.1. The van der Waals surface area contributed by atoms with Crippen molar-refractivity contribution < 1.29 is 19.1 Å². The number of carbonyl (C=O) groups is 3. The SMILES string of the molecule is O=C1CCCc2cc(C(=O)N3CCC4(CC3)CC(=O)c3ccccc3O4)ccc2N1. The molecule has 1 saturated heterocycles. The summed E-state index contributed by atoms with van der Waals surface area (Å²) in [5, 5.41) is 2.91. The Morgan fingerprint density at radius 3 is 2.67 bits per heavy atom. The summed E-state index contributed by atoms with van der Waals surface area (Å²) >= 11 is 0. The molecule has 6 nitrogen and oxygen atoms in total. The van der Waals surface area contributed by atoms with Crippen LogP contribution in [0.2, 0.25) is 0 Å². The van der Waals surface area contributed by atoms with Crippen LogP contribution in [0.25, 0.3) is 0 Å². The van der Waals surface area contributed by atoms with Gasteiger partial charge in [0.15, 0.2) is 5.78 Å². The summed E-state index contributed by atoms with van der Waals surface area (Å²) in [7, 11) is 0. The second kappa shape index (κ2) is 7.27. The van der Waals surface area contributed by atoms with Crippen molar-refractivity contribution in [3.8, 4) is 5.75 Å². The van der Waals surface area contributed by atoms with Crippen LogP contribution in [0.3, 0.4) is 0 Å².